The fourth-order valence-electron chi connectivity index (χ4n) is 2.30. The molecule has 0 bridgehead atoms. The molecule has 0 saturated carbocycles. The van der Waals surface area contributed by atoms with Crippen LogP contribution in [0.4, 0.5) is 4.79 Å². The van der Waals surface area contributed by atoms with Crippen LogP contribution in [0.5, 0.6) is 5.75 Å². The highest BCUT2D eigenvalue weighted by molar-refractivity contribution is 5.68. The number of hydrogen-bond acceptors (Lipinski definition) is 4. The lowest BCUT2D eigenvalue weighted by Crippen LogP contribution is -2.46. The average molecular weight is 308 g/mol. The van der Waals surface area contributed by atoms with Gasteiger partial charge in [-0.15, -0.1) is 0 Å². The summed E-state index contributed by atoms with van der Waals surface area (Å²) in [6.07, 6.45) is 0.318. The van der Waals surface area contributed by atoms with Crippen LogP contribution in [0.15, 0.2) is 16.9 Å². The van der Waals surface area contributed by atoms with Crippen molar-refractivity contribution in [1.82, 2.24) is 9.88 Å². The summed E-state index contributed by atoms with van der Waals surface area (Å²) in [5, 5.41) is 0. The van der Waals surface area contributed by atoms with Crippen LogP contribution in [0.2, 0.25) is 0 Å². The third-order valence-corrected chi connectivity index (χ3v) is 3.59. The third kappa shape index (κ3) is 3.81. The van der Waals surface area contributed by atoms with E-state index in [0.717, 1.165) is 6.42 Å². The minimum atomic E-state index is -0.570. The van der Waals surface area contributed by atoms with Crippen molar-refractivity contribution in [2.75, 3.05) is 6.54 Å². The number of carbonyl (C=O) groups excluding carboxylic acids is 1. The lowest BCUT2D eigenvalue weighted by atomic mass is 10.0. The van der Waals surface area contributed by atoms with Crippen molar-refractivity contribution in [1.29, 1.82) is 0 Å². The third-order valence-electron chi connectivity index (χ3n) is 3.59. The van der Waals surface area contributed by atoms with Gasteiger partial charge in [-0.2, -0.15) is 0 Å². The van der Waals surface area contributed by atoms with Crippen molar-refractivity contribution in [3.05, 3.63) is 28.2 Å². The molecule has 6 heteroatoms. The summed E-state index contributed by atoms with van der Waals surface area (Å²) in [7, 11) is 0. The van der Waals surface area contributed by atoms with Crippen LogP contribution in [0.3, 0.4) is 0 Å². The smallest absolute Gasteiger partial charge is 0.410 e. The Morgan fingerprint density at radius 2 is 2.14 bits per heavy atom. The van der Waals surface area contributed by atoms with Crippen LogP contribution < -0.4 is 10.3 Å². The number of fused-ring (bicyclic) bond motifs is 1. The zero-order valence-electron chi connectivity index (χ0n) is 13.9. The standard InChI is InChI=1S/C16H24N2O4/c1-6-16(5)10-18(14(20)22-15(2,3)4)9-11-12(21-16)7-8-13(19)17-11/h7-8H,6,9-10H2,1-5H3,(H,17,19)/t16-/m0/s1. The fraction of sp³-hybridized carbons (Fsp3) is 0.625. The molecule has 1 aliphatic heterocycles. The lowest BCUT2D eigenvalue weighted by molar-refractivity contribution is 0.00255. The number of nitrogens with zero attached hydrogens (tertiary/aromatic N) is 1. The Balaban J connectivity index is 2.35. The Bertz CT molecular complexity index is 617. The minimum Gasteiger partial charge on any atom is -0.484 e. The number of hydrogen-bond donors (Lipinski definition) is 1. The first-order valence-electron chi connectivity index (χ1n) is 7.51. The monoisotopic (exact) mass is 308 g/mol. The number of pyridine rings is 1. The summed E-state index contributed by atoms with van der Waals surface area (Å²) >= 11 is 0. The normalized spacial score (nSPS) is 21.6. The topological polar surface area (TPSA) is 71.6 Å². The quantitative estimate of drug-likeness (QED) is 0.866. The van der Waals surface area contributed by atoms with Crippen molar-refractivity contribution < 1.29 is 14.3 Å². The number of H-pyrrole nitrogens is 1. The molecule has 0 aromatic carbocycles. The maximum Gasteiger partial charge on any atom is 0.410 e. The van der Waals surface area contributed by atoms with Crippen LogP contribution in [0.1, 0.15) is 46.7 Å². The van der Waals surface area contributed by atoms with Gasteiger partial charge in [0.25, 0.3) is 0 Å². The second kappa shape index (κ2) is 5.66. The summed E-state index contributed by atoms with van der Waals surface area (Å²) in [5.74, 6) is 0.606. The van der Waals surface area contributed by atoms with E-state index in [9.17, 15) is 9.59 Å². The van der Waals surface area contributed by atoms with Crippen molar-refractivity contribution in [3.63, 3.8) is 0 Å². The van der Waals surface area contributed by atoms with Crippen LogP contribution in [0, 0.1) is 0 Å². The minimum absolute atomic E-state index is 0.216. The molecule has 1 amide bonds. The Labute approximate surface area is 130 Å². The van der Waals surface area contributed by atoms with E-state index in [4.69, 9.17) is 9.47 Å². The van der Waals surface area contributed by atoms with Crippen molar-refractivity contribution in [3.8, 4) is 5.75 Å². The predicted octanol–water partition coefficient (Wildman–Crippen LogP) is 2.67. The highest BCUT2D eigenvalue weighted by Crippen LogP contribution is 2.30. The van der Waals surface area contributed by atoms with Crippen molar-refractivity contribution >= 4 is 6.09 Å². The fourth-order valence-corrected chi connectivity index (χ4v) is 2.30. The largest absolute Gasteiger partial charge is 0.484 e. The Kier molecular flexibility index (Phi) is 4.22. The molecule has 1 atom stereocenters. The molecule has 0 saturated heterocycles. The molecule has 0 unspecified atom stereocenters. The molecule has 1 aromatic heterocycles. The van der Waals surface area contributed by atoms with Gasteiger partial charge in [0.1, 0.15) is 17.0 Å². The van der Waals surface area contributed by atoms with E-state index in [1.165, 1.54) is 6.07 Å². The molecule has 1 aliphatic rings. The van der Waals surface area contributed by atoms with E-state index >= 15 is 0 Å². The molecule has 1 N–H and O–H groups in total. The van der Waals surface area contributed by atoms with E-state index in [1.54, 1.807) is 11.0 Å². The van der Waals surface area contributed by atoms with Crippen molar-refractivity contribution in [2.24, 2.45) is 0 Å². The number of amides is 1. The molecule has 0 spiro atoms. The van der Waals surface area contributed by atoms with Gasteiger partial charge in [-0.1, -0.05) is 6.92 Å². The first-order valence-corrected chi connectivity index (χ1v) is 7.51. The number of aromatic nitrogens is 1. The molecule has 122 valence electrons. The second-order valence-electron chi connectivity index (χ2n) is 6.91. The molecule has 1 aromatic rings. The van der Waals surface area contributed by atoms with E-state index in [1.807, 2.05) is 34.6 Å². The molecule has 0 radical (unpaired) electrons. The predicted molar refractivity (Wildman–Crippen MR) is 83.0 cm³/mol. The highest BCUT2D eigenvalue weighted by atomic mass is 16.6. The summed E-state index contributed by atoms with van der Waals surface area (Å²) in [6, 6.07) is 3.08. The van der Waals surface area contributed by atoms with Crippen LogP contribution in [-0.2, 0) is 11.3 Å². The van der Waals surface area contributed by atoms with Gasteiger partial charge in [0.2, 0.25) is 5.56 Å². The Hall–Kier alpha value is -1.98. The van der Waals surface area contributed by atoms with E-state index in [2.05, 4.69) is 4.98 Å². The lowest BCUT2D eigenvalue weighted by Gasteiger charge is -2.33. The summed E-state index contributed by atoms with van der Waals surface area (Å²) < 4.78 is 11.5. The van der Waals surface area contributed by atoms with Gasteiger partial charge in [0, 0.05) is 6.07 Å². The van der Waals surface area contributed by atoms with Gasteiger partial charge in [0.15, 0.2) is 0 Å². The highest BCUT2D eigenvalue weighted by Gasteiger charge is 2.36. The molecular weight excluding hydrogens is 284 g/mol. The molecule has 2 rings (SSSR count). The van der Waals surface area contributed by atoms with Gasteiger partial charge in [-0.25, -0.2) is 4.79 Å². The maximum absolute atomic E-state index is 12.4. The Morgan fingerprint density at radius 3 is 2.73 bits per heavy atom. The first-order chi connectivity index (χ1) is 10.1. The molecule has 0 aliphatic carbocycles. The van der Waals surface area contributed by atoms with Crippen LogP contribution in [-0.4, -0.2) is 33.7 Å². The molecule has 6 nitrogen and oxygen atoms in total. The van der Waals surface area contributed by atoms with E-state index < -0.39 is 17.3 Å². The van der Waals surface area contributed by atoms with Gasteiger partial charge in [-0.3, -0.25) is 9.69 Å². The number of carbonyl (C=O) groups is 1. The van der Waals surface area contributed by atoms with Gasteiger partial charge >= 0.3 is 6.09 Å². The molecule has 2 heterocycles. The van der Waals surface area contributed by atoms with E-state index in [-0.39, 0.29) is 12.1 Å². The maximum atomic E-state index is 12.4. The zero-order chi connectivity index (χ0) is 16.5. The van der Waals surface area contributed by atoms with Crippen molar-refractivity contribution in [2.45, 2.75) is 58.8 Å². The second-order valence-corrected chi connectivity index (χ2v) is 6.91. The zero-order valence-corrected chi connectivity index (χ0v) is 13.9. The molecular formula is C16H24N2O4. The number of aromatic amines is 1. The van der Waals surface area contributed by atoms with Crippen LogP contribution >= 0.6 is 0 Å². The number of rotatable bonds is 1. The van der Waals surface area contributed by atoms with Gasteiger partial charge in [0.05, 0.1) is 18.8 Å². The SMILES string of the molecule is CC[C@@]1(C)CN(C(=O)OC(C)(C)C)Cc2[nH]c(=O)ccc2O1. The number of nitrogens with one attached hydrogen (secondary N) is 1. The van der Waals surface area contributed by atoms with Gasteiger partial charge < -0.3 is 14.5 Å². The molecule has 0 fully saturated rings. The van der Waals surface area contributed by atoms with Gasteiger partial charge in [-0.05, 0) is 40.2 Å². The number of ether oxygens (including phenoxy) is 2. The average Bonchev–Trinajstić information content (AvgIpc) is 2.53. The summed E-state index contributed by atoms with van der Waals surface area (Å²) in [6.45, 7) is 10.1. The summed E-state index contributed by atoms with van der Waals surface area (Å²) in [4.78, 5) is 28.3. The van der Waals surface area contributed by atoms with E-state index in [0.29, 0.717) is 18.0 Å². The molecule has 22 heavy (non-hydrogen) atoms. The van der Waals surface area contributed by atoms with Crippen LogP contribution in [0.25, 0.3) is 0 Å². The summed E-state index contributed by atoms with van der Waals surface area (Å²) in [5.41, 5.74) is -0.720. The first kappa shape index (κ1) is 16.4. The Morgan fingerprint density at radius 1 is 1.45 bits per heavy atom.